The van der Waals surface area contributed by atoms with Crippen LogP contribution in [0.15, 0.2) is 0 Å². The Kier molecular flexibility index (Phi) is 3.26. The van der Waals surface area contributed by atoms with Gasteiger partial charge in [0.25, 0.3) is 0 Å². The Bertz CT molecular complexity index is 369. The van der Waals surface area contributed by atoms with Crippen LogP contribution in [0, 0.1) is 17.8 Å². The van der Waals surface area contributed by atoms with Crippen molar-refractivity contribution in [1.29, 1.82) is 0 Å². The Hall–Kier alpha value is -0.710. The molecule has 0 aromatic carbocycles. The Morgan fingerprint density at radius 1 is 1.33 bits per heavy atom. The molecule has 3 atom stereocenters. The maximum Gasteiger partial charge on any atom is 0.305 e. The summed E-state index contributed by atoms with van der Waals surface area (Å²) in [7, 11) is 0. The molecule has 100 valence electrons. The first-order valence-electron chi connectivity index (χ1n) is 6.77. The molecule has 18 heavy (non-hydrogen) atoms. The molecule has 1 N–H and O–H groups in total. The highest BCUT2D eigenvalue weighted by molar-refractivity contribution is 7.99. The third-order valence-electron chi connectivity index (χ3n) is 4.31. The first kappa shape index (κ1) is 12.3. The number of carbonyl (C=O) groups excluding carboxylic acids is 1. The van der Waals surface area contributed by atoms with Crippen LogP contribution in [0.4, 0.5) is 0 Å². The van der Waals surface area contributed by atoms with Crippen LogP contribution >= 0.6 is 11.8 Å². The molecule has 3 fully saturated rings. The molecule has 3 aliphatic rings. The Morgan fingerprint density at radius 2 is 2.11 bits per heavy atom. The summed E-state index contributed by atoms with van der Waals surface area (Å²) in [6, 6.07) is -0.0887. The molecule has 1 amide bonds. The second kappa shape index (κ2) is 4.76. The molecule has 0 aromatic heterocycles. The van der Waals surface area contributed by atoms with E-state index >= 15 is 0 Å². The van der Waals surface area contributed by atoms with Gasteiger partial charge in [-0.1, -0.05) is 0 Å². The van der Waals surface area contributed by atoms with E-state index in [-0.39, 0.29) is 24.3 Å². The third-order valence-corrected chi connectivity index (χ3v) is 5.40. The van der Waals surface area contributed by atoms with Crippen molar-refractivity contribution in [2.75, 3.05) is 18.1 Å². The minimum Gasteiger partial charge on any atom is -0.481 e. The molecule has 3 unspecified atom stereocenters. The fourth-order valence-corrected chi connectivity index (χ4v) is 4.13. The smallest absolute Gasteiger partial charge is 0.305 e. The lowest BCUT2D eigenvalue weighted by molar-refractivity contribution is -0.141. The van der Waals surface area contributed by atoms with Crippen LogP contribution in [0.25, 0.3) is 0 Å². The molecule has 0 radical (unpaired) electrons. The standard InChI is InChI=1S/C13H19NO3S/c15-12(16)5-9-7-18-4-3-14(9)13(17)11-6-10(11)8-1-2-8/h8-11H,1-7H2,(H,15,16). The maximum absolute atomic E-state index is 12.4. The van der Waals surface area contributed by atoms with Crippen LogP contribution in [0.2, 0.25) is 0 Å². The van der Waals surface area contributed by atoms with Crippen molar-refractivity contribution in [2.24, 2.45) is 17.8 Å². The Labute approximate surface area is 111 Å². The van der Waals surface area contributed by atoms with E-state index in [0.717, 1.165) is 30.4 Å². The van der Waals surface area contributed by atoms with Gasteiger partial charge in [0, 0.05) is 24.0 Å². The van der Waals surface area contributed by atoms with Crippen molar-refractivity contribution < 1.29 is 14.7 Å². The summed E-state index contributed by atoms with van der Waals surface area (Å²) in [6.07, 6.45) is 3.73. The average molecular weight is 269 g/mol. The molecule has 1 saturated heterocycles. The monoisotopic (exact) mass is 269 g/mol. The summed E-state index contributed by atoms with van der Waals surface area (Å²) in [5, 5.41) is 8.92. The second-order valence-corrected chi connectivity index (χ2v) is 6.85. The number of amides is 1. The van der Waals surface area contributed by atoms with Crippen LogP contribution < -0.4 is 0 Å². The predicted molar refractivity (Wildman–Crippen MR) is 69.4 cm³/mol. The molecule has 5 heteroatoms. The van der Waals surface area contributed by atoms with Gasteiger partial charge in [-0.05, 0) is 31.1 Å². The summed E-state index contributed by atoms with van der Waals surface area (Å²) >= 11 is 1.76. The van der Waals surface area contributed by atoms with E-state index in [1.54, 1.807) is 11.8 Å². The largest absolute Gasteiger partial charge is 0.481 e. The summed E-state index contributed by atoms with van der Waals surface area (Å²) < 4.78 is 0. The third kappa shape index (κ3) is 2.51. The summed E-state index contributed by atoms with van der Waals surface area (Å²) in [5.41, 5.74) is 0. The molecular formula is C13H19NO3S. The summed E-state index contributed by atoms with van der Waals surface area (Å²) in [5.74, 6) is 2.81. The lowest BCUT2D eigenvalue weighted by Crippen LogP contribution is -2.48. The number of aliphatic carboxylic acids is 1. The SMILES string of the molecule is O=C(O)CC1CSCCN1C(=O)C1CC1C1CC1. The highest BCUT2D eigenvalue weighted by atomic mass is 32.2. The van der Waals surface area contributed by atoms with Gasteiger partial charge >= 0.3 is 5.97 Å². The highest BCUT2D eigenvalue weighted by Gasteiger charge is 2.52. The first-order chi connectivity index (χ1) is 8.66. The lowest BCUT2D eigenvalue weighted by atomic mass is 10.1. The van der Waals surface area contributed by atoms with E-state index in [9.17, 15) is 9.59 Å². The molecule has 2 saturated carbocycles. The zero-order valence-electron chi connectivity index (χ0n) is 10.4. The number of carboxylic acid groups (broad SMARTS) is 1. The topological polar surface area (TPSA) is 57.6 Å². The van der Waals surface area contributed by atoms with Crippen LogP contribution in [-0.2, 0) is 9.59 Å². The molecule has 2 aliphatic carbocycles. The second-order valence-electron chi connectivity index (χ2n) is 5.70. The molecule has 0 bridgehead atoms. The van der Waals surface area contributed by atoms with E-state index in [1.807, 2.05) is 4.90 Å². The van der Waals surface area contributed by atoms with Gasteiger partial charge in [0.2, 0.25) is 5.91 Å². The lowest BCUT2D eigenvalue weighted by Gasteiger charge is -2.35. The zero-order valence-corrected chi connectivity index (χ0v) is 11.2. The van der Waals surface area contributed by atoms with Crippen LogP contribution in [-0.4, -0.2) is 46.0 Å². The predicted octanol–water partition coefficient (Wildman–Crippen LogP) is 1.45. The van der Waals surface area contributed by atoms with Gasteiger partial charge < -0.3 is 10.0 Å². The van der Waals surface area contributed by atoms with Gasteiger partial charge in [-0.25, -0.2) is 0 Å². The number of carboxylic acids is 1. The van der Waals surface area contributed by atoms with Gasteiger partial charge in [0.1, 0.15) is 0 Å². The van der Waals surface area contributed by atoms with Crippen molar-refractivity contribution in [2.45, 2.75) is 31.7 Å². The number of nitrogens with zero attached hydrogens (tertiary/aromatic N) is 1. The first-order valence-corrected chi connectivity index (χ1v) is 7.92. The van der Waals surface area contributed by atoms with Crippen LogP contribution in [0.3, 0.4) is 0 Å². The quantitative estimate of drug-likeness (QED) is 0.839. The molecule has 0 aromatic rings. The zero-order chi connectivity index (χ0) is 12.7. The average Bonchev–Trinajstić information content (AvgIpc) is 3.18. The summed E-state index contributed by atoms with van der Waals surface area (Å²) in [4.78, 5) is 25.1. The Morgan fingerprint density at radius 3 is 2.78 bits per heavy atom. The minimum absolute atomic E-state index is 0.0887. The van der Waals surface area contributed by atoms with E-state index in [4.69, 9.17) is 5.11 Å². The van der Waals surface area contributed by atoms with E-state index in [1.165, 1.54) is 12.8 Å². The molecule has 1 aliphatic heterocycles. The van der Waals surface area contributed by atoms with Gasteiger partial charge in [0.15, 0.2) is 0 Å². The number of hydrogen-bond donors (Lipinski definition) is 1. The molecular weight excluding hydrogens is 250 g/mol. The Balaban J connectivity index is 1.61. The number of carbonyl (C=O) groups is 2. The molecule has 4 nitrogen and oxygen atoms in total. The maximum atomic E-state index is 12.4. The fourth-order valence-electron chi connectivity index (χ4n) is 3.07. The molecule has 3 rings (SSSR count). The van der Waals surface area contributed by atoms with Gasteiger partial charge in [-0.2, -0.15) is 11.8 Å². The fraction of sp³-hybridized carbons (Fsp3) is 0.846. The minimum atomic E-state index is -0.796. The van der Waals surface area contributed by atoms with E-state index in [2.05, 4.69) is 0 Å². The van der Waals surface area contributed by atoms with E-state index in [0.29, 0.717) is 5.92 Å². The van der Waals surface area contributed by atoms with Gasteiger partial charge in [-0.3, -0.25) is 9.59 Å². The number of hydrogen-bond acceptors (Lipinski definition) is 3. The van der Waals surface area contributed by atoms with Gasteiger partial charge in [0.05, 0.1) is 12.5 Å². The molecule has 0 spiro atoms. The van der Waals surface area contributed by atoms with Crippen molar-refractivity contribution in [3.05, 3.63) is 0 Å². The number of rotatable bonds is 4. The van der Waals surface area contributed by atoms with Gasteiger partial charge in [-0.15, -0.1) is 0 Å². The summed E-state index contributed by atoms with van der Waals surface area (Å²) in [6.45, 7) is 0.731. The van der Waals surface area contributed by atoms with Crippen molar-refractivity contribution in [3.63, 3.8) is 0 Å². The van der Waals surface area contributed by atoms with Crippen molar-refractivity contribution >= 4 is 23.6 Å². The van der Waals surface area contributed by atoms with Crippen LogP contribution in [0.5, 0.6) is 0 Å². The number of thioether (sulfide) groups is 1. The highest BCUT2D eigenvalue weighted by Crippen LogP contribution is 2.55. The van der Waals surface area contributed by atoms with E-state index < -0.39 is 5.97 Å². The normalized spacial score (nSPS) is 35.3. The van der Waals surface area contributed by atoms with Crippen molar-refractivity contribution in [1.82, 2.24) is 4.90 Å². The van der Waals surface area contributed by atoms with Crippen molar-refractivity contribution in [3.8, 4) is 0 Å². The molecule has 1 heterocycles. The van der Waals surface area contributed by atoms with Crippen LogP contribution in [0.1, 0.15) is 25.7 Å².